The van der Waals surface area contributed by atoms with Crippen LogP contribution < -0.4 is 11.2 Å². The molecule has 0 unspecified atom stereocenters. The van der Waals surface area contributed by atoms with Crippen LogP contribution in [0.15, 0.2) is 51.1 Å². The first-order chi connectivity index (χ1) is 13.4. The van der Waals surface area contributed by atoms with Crippen LogP contribution in [-0.2, 0) is 23.2 Å². The van der Waals surface area contributed by atoms with Crippen molar-refractivity contribution in [3.05, 3.63) is 74.0 Å². The van der Waals surface area contributed by atoms with Gasteiger partial charge in [-0.15, -0.1) is 0 Å². The van der Waals surface area contributed by atoms with Crippen LogP contribution in [0.5, 0.6) is 0 Å². The largest absolute Gasteiger partial charge is 0.431 e. The van der Waals surface area contributed by atoms with E-state index in [4.69, 9.17) is 11.6 Å². The molecule has 0 saturated heterocycles. The highest BCUT2D eigenvalue weighted by Gasteiger charge is 2.35. The van der Waals surface area contributed by atoms with Crippen LogP contribution in [0.25, 0.3) is 5.69 Å². The normalized spacial score (nSPS) is 12.3. The molecule has 0 fully saturated rings. The zero-order valence-electron chi connectivity index (χ0n) is 14.2. The van der Waals surface area contributed by atoms with Crippen LogP contribution in [-0.4, -0.2) is 26.7 Å². The SMILES string of the molecule is Cn1c(C(F)(F)F)cc(=O)n(-c2cc(S(=O)(=O)n3cccn3)c(Cl)cc2F)c1=O. The maximum Gasteiger partial charge on any atom is 0.431 e. The van der Waals surface area contributed by atoms with Crippen LogP contribution in [0.1, 0.15) is 5.69 Å². The zero-order valence-corrected chi connectivity index (χ0v) is 15.8. The minimum atomic E-state index is -5.01. The molecule has 3 rings (SSSR count). The zero-order chi connectivity index (χ0) is 21.7. The number of aromatic nitrogens is 4. The van der Waals surface area contributed by atoms with Gasteiger partial charge in [-0.1, -0.05) is 11.6 Å². The number of alkyl halides is 3. The molecule has 2 heterocycles. The molecule has 1 aromatic carbocycles. The lowest BCUT2D eigenvalue weighted by molar-refractivity contribution is -0.144. The number of nitrogens with zero attached hydrogens (tertiary/aromatic N) is 4. The van der Waals surface area contributed by atoms with Gasteiger partial charge in [0.1, 0.15) is 16.4 Å². The summed E-state index contributed by atoms with van der Waals surface area (Å²) in [6.45, 7) is 0. The maximum absolute atomic E-state index is 14.4. The van der Waals surface area contributed by atoms with Crippen LogP contribution in [0.2, 0.25) is 5.02 Å². The molecule has 0 saturated carbocycles. The summed E-state index contributed by atoms with van der Waals surface area (Å²) >= 11 is 5.81. The molecule has 0 N–H and O–H groups in total. The monoisotopic (exact) mass is 452 g/mol. The maximum atomic E-state index is 14.4. The lowest BCUT2D eigenvalue weighted by Crippen LogP contribution is -2.41. The first-order valence-corrected chi connectivity index (χ1v) is 9.32. The van der Waals surface area contributed by atoms with Crippen molar-refractivity contribution in [1.82, 2.24) is 18.3 Å². The molecule has 0 spiro atoms. The Kier molecular flexibility index (Phi) is 4.91. The summed E-state index contributed by atoms with van der Waals surface area (Å²) in [4.78, 5) is 23.8. The van der Waals surface area contributed by atoms with E-state index in [9.17, 15) is 35.6 Å². The van der Waals surface area contributed by atoms with E-state index in [0.29, 0.717) is 16.2 Å². The van der Waals surface area contributed by atoms with Crippen molar-refractivity contribution in [1.29, 1.82) is 0 Å². The third kappa shape index (κ3) is 3.46. The Bertz CT molecular complexity index is 1330. The van der Waals surface area contributed by atoms with Crippen molar-refractivity contribution in [3.63, 3.8) is 0 Å². The lowest BCUT2D eigenvalue weighted by Gasteiger charge is -2.15. The van der Waals surface area contributed by atoms with Gasteiger partial charge >= 0.3 is 11.9 Å². The molecular formula is C15H9ClF4N4O4S. The third-order valence-corrected chi connectivity index (χ3v) is 5.88. The number of hydrogen-bond donors (Lipinski definition) is 0. The first kappa shape index (κ1) is 20.8. The van der Waals surface area contributed by atoms with Gasteiger partial charge in [-0.25, -0.2) is 13.8 Å². The van der Waals surface area contributed by atoms with Gasteiger partial charge in [0.05, 0.1) is 16.9 Å². The summed E-state index contributed by atoms with van der Waals surface area (Å²) < 4.78 is 79.2. The quantitative estimate of drug-likeness (QED) is 0.564. The van der Waals surface area contributed by atoms with E-state index in [-0.39, 0.29) is 15.2 Å². The van der Waals surface area contributed by atoms with Gasteiger partial charge in [-0.05, 0) is 18.2 Å². The molecule has 154 valence electrons. The summed E-state index contributed by atoms with van der Waals surface area (Å²) in [6.07, 6.45) is -2.82. The fourth-order valence-electron chi connectivity index (χ4n) is 2.50. The van der Waals surface area contributed by atoms with Gasteiger partial charge < -0.3 is 0 Å². The van der Waals surface area contributed by atoms with Crippen molar-refractivity contribution in [2.75, 3.05) is 0 Å². The topological polar surface area (TPSA) is 96.0 Å². The average Bonchev–Trinajstić information content (AvgIpc) is 3.14. The van der Waals surface area contributed by atoms with Gasteiger partial charge in [-0.3, -0.25) is 9.36 Å². The van der Waals surface area contributed by atoms with Crippen LogP contribution in [0, 0.1) is 5.82 Å². The Morgan fingerprint density at radius 3 is 2.34 bits per heavy atom. The van der Waals surface area contributed by atoms with E-state index in [2.05, 4.69) is 5.10 Å². The molecule has 3 aromatic rings. The Labute approximate surface area is 164 Å². The smallest absolute Gasteiger partial charge is 0.292 e. The van der Waals surface area contributed by atoms with Gasteiger partial charge in [-0.2, -0.15) is 30.8 Å². The van der Waals surface area contributed by atoms with Crippen LogP contribution >= 0.6 is 11.6 Å². The molecule has 14 heteroatoms. The second-order valence-electron chi connectivity index (χ2n) is 5.66. The van der Waals surface area contributed by atoms with E-state index in [1.807, 2.05) is 0 Å². The van der Waals surface area contributed by atoms with Gasteiger partial charge in [0, 0.05) is 19.3 Å². The molecule has 0 aliphatic heterocycles. The molecule has 2 aromatic heterocycles. The molecule has 0 radical (unpaired) electrons. The fourth-order valence-corrected chi connectivity index (χ4v) is 4.12. The summed E-state index contributed by atoms with van der Waals surface area (Å²) in [5.74, 6) is -1.30. The highest BCUT2D eigenvalue weighted by molar-refractivity contribution is 7.90. The van der Waals surface area contributed by atoms with E-state index in [1.54, 1.807) is 0 Å². The highest BCUT2D eigenvalue weighted by atomic mass is 35.5. The Morgan fingerprint density at radius 2 is 1.79 bits per heavy atom. The molecular weight excluding hydrogens is 444 g/mol. The highest BCUT2D eigenvalue weighted by Crippen LogP contribution is 2.29. The Hall–Kier alpha value is -2.93. The van der Waals surface area contributed by atoms with Crippen molar-refractivity contribution < 1.29 is 26.0 Å². The van der Waals surface area contributed by atoms with Gasteiger partial charge in [0.25, 0.3) is 15.6 Å². The molecule has 8 nitrogen and oxygen atoms in total. The summed E-state index contributed by atoms with van der Waals surface area (Å²) in [5, 5.41) is 2.95. The predicted molar refractivity (Wildman–Crippen MR) is 92.1 cm³/mol. The number of halogens is 5. The summed E-state index contributed by atoms with van der Waals surface area (Å²) in [7, 11) is -3.71. The molecule has 29 heavy (non-hydrogen) atoms. The molecule has 0 aliphatic rings. The van der Waals surface area contributed by atoms with E-state index in [0.717, 1.165) is 19.4 Å². The van der Waals surface area contributed by atoms with Crippen LogP contribution in [0.3, 0.4) is 0 Å². The molecule has 0 amide bonds. The summed E-state index contributed by atoms with van der Waals surface area (Å²) in [6, 6.07) is 2.48. The fraction of sp³-hybridized carbons (Fsp3) is 0.133. The van der Waals surface area contributed by atoms with E-state index in [1.165, 1.54) is 6.07 Å². The second kappa shape index (κ2) is 6.84. The number of rotatable bonds is 3. The predicted octanol–water partition coefficient (Wildman–Crippen LogP) is 1.78. The van der Waals surface area contributed by atoms with E-state index >= 15 is 0 Å². The average molecular weight is 453 g/mol. The minimum absolute atomic E-state index is 0.0724. The van der Waals surface area contributed by atoms with Gasteiger partial charge in [0.15, 0.2) is 0 Å². The van der Waals surface area contributed by atoms with Crippen molar-refractivity contribution in [2.45, 2.75) is 11.1 Å². The van der Waals surface area contributed by atoms with Crippen LogP contribution in [0.4, 0.5) is 17.6 Å². The van der Waals surface area contributed by atoms with Crippen molar-refractivity contribution in [3.8, 4) is 5.69 Å². The summed E-state index contributed by atoms with van der Waals surface area (Å²) in [5.41, 5.74) is -5.49. The van der Waals surface area contributed by atoms with Gasteiger partial charge in [0.2, 0.25) is 0 Å². The third-order valence-electron chi connectivity index (χ3n) is 3.86. The Balaban J connectivity index is 2.34. The van der Waals surface area contributed by atoms with Crippen molar-refractivity contribution >= 4 is 21.6 Å². The molecule has 0 bridgehead atoms. The Morgan fingerprint density at radius 1 is 1.14 bits per heavy atom. The molecule has 0 atom stereocenters. The van der Waals surface area contributed by atoms with Crippen molar-refractivity contribution in [2.24, 2.45) is 7.05 Å². The number of benzene rings is 1. The number of hydrogen-bond acceptors (Lipinski definition) is 5. The first-order valence-electron chi connectivity index (χ1n) is 7.50. The lowest BCUT2D eigenvalue weighted by atomic mass is 10.3. The second-order valence-corrected chi connectivity index (χ2v) is 7.83. The standard InChI is InChI=1S/C15H9ClF4N4O4S/c1-22-12(15(18,19)20)7-13(25)24(14(22)26)10-6-11(8(16)5-9(10)17)29(27,28)23-4-2-3-21-23/h2-7H,1H3. The minimum Gasteiger partial charge on any atom is -0.292 e. The van der Waals surface area contributed by atoms with E-state index < -0.39 is 54.6 Å². The molecule has 0 aliphatic carbocycles.